The Labute approximate surface area is 111 Å². The zero-order chi connectivity index (χ0) is 12.2. The van der Waals surface area contributed by atoms with Crippen LogP contribution >= 0.6 is 0 Å². The predicted molar refractivity (Wildman–Crippen MR) is 67.4 cm³/mol. The highest BCUT2D eigenvalue weighted by Crippen LogP contribution is 2.28. The molecule has 5 nitrogen and oxygen atoms in total. The first-order chi connectivity index (χ1) is 7.45. The van der Waals surface area contributed by atoms with Gasteiger partial charge in [0.15, 0.2) is 0 Å². The second-order valence-corrected chi connectivity index (χ2v) is 5.37. The molecule has 0 amide bonds. The van der Waals surface area contributed by atoms with E-state index in [1.165, 1.54) is 30.8 Å². The number of hydrogen-bond donors (Lipinski definition) is 2. The molecule has 1 fully saturated rings. The van der Waals surface area contributed by atoms with Gasteiger partial charge in [-0.15, -0.1) is 0 Å². The highest BCUT2D eigenvalue weighted by atomic mass is 35.5. The van der Waals surface area contributed by atoms with Gasteiger partial charge in [0, 0.05) is 26.1 Å². The van der Waals surface area contributed by atoms with Gasteiger partial charge < -0.3 is 16.9 Å². The fourth-order valence-corrected chi connectivity index (χ4v) is 2.30. The van der Waals surface area contributed by atoms with E-state index in [0.717, 1.165) is 11.2 Å². The van der Waals surface area contributed by atoms with Crippen LogP contribution in [-0.2, 0) is 0 Å². The minimum atomic E-state index is 0. The Balaban J connectivity index is 0.00000256. The first-order valence-corrected chi connectivity index (χ1v) is 6.01. The molecule has 0 aromatic heterocycles. The third kappa shape index (κ3) is 5.21. The van der Waals surface area contributed by atoms with E-state index >= 15 is 0 Å². The van der Waals surface area contributed by atoms with Crippen molar-refractivity contribution in [3.05, 3.63) is 0 Å². The molecule has 0 atom stereocenters. The van der Waals surface area contributed by atoms with Gasteiger partial charge in [0.2, 0.25) is 0 Å². The topological polar surface area (TPSA) is 67.6 Å². The SMILES string of the molecule is CN(N)N=CC1CCC([N+](C)(C)CN)CC1.[Cl-]. The Kier molecular flexibility index (Phi) is 7.01. The van der Waals surface area contributed by atoms with Crippen LogP contribution in [0.2, 0.25) is 0 Å². The molecule has 0 radical (unpaired) electrons. The molecule has 4 N–H and O–H groups in total. The van der Waals surface area contributed by atoms with Crippen molar-refractivity contribution in [1.82, 2.24) is 5.12 Å². The van der Waals surface area contributed by atoms with Gasteiger partial charge in [-0.25, -0.2) is 11.0 Å². The number of hydrazine groups is 1. The summed E-state index contributed by atoms with van der Waals surface area (Å²) in [5, 5.41) is 5.48. The van der Waals surface area contributed by atoms with E-state index in [9.17, 15) is 0 Å². The number of nitrogens with two attached hydrogens (primary N) is 2. The molecule has 0 aromatic carbocycles. The van der Waals surface area contributed by atoms with Gasteiger partial charge in [-0.1, -0.05) is 0 Å². The lowest BCUT2D eigenvalue weighted by Gasteiger charge is -2.40. The lowest BCUT2D eigenvalue weighted by molar-refractivity contribution is -0.916. The molecule has 17 heavy (non-hydrogen) atoms. The fraction of sp³-hybridized carbons (Fsp3) is 0.909. The van der Waals surface area contributed by atoms with Crippen LogP contribution in [0.15, 0.2) is 5.10 Å². The lowest BCUT2D eigenvalue weighted by atomic mass is 9.85. The zero-order valence-electron chi connectivity index (χ0n) is 11.1. The second-order valence-electron chi connectivity index (χ2n) is 5.37. The summed E-state index contributed by atoms with van der Waals surface area (Å²) in [5.74, 6) is 6.03. The van der Waals surface area contributed by atoms with Crippen LogP contribution in [0.5, 0.6) is 0 Å². The van der Waals surface area contributed by atoms with Gasteiger partial charge in [0.25, 0.3) is 0 Å². The van der Waals surface area contributed by atoms with Crippen LogP contribution < -0.4 is 24.0 Å². The fourth-order valence-electron chi connectivity index (χ4n) is 2.30. The van der Waals surface area contributed by atoms with Gasteiger partial charge in [-0.05, 0) is 18.8 Å². The largest absolute Gasteiger partial charge is 1.00 e. The first-order valence-electron chi connectivity index (χ1n) is 6.01. The Morgan fingerprint density at radius 2 is 1.82 bits per heavy atom. The summed E-state index contributed by atoms with van der Waals surface area (Å²) in [6, 6.07) is 0.699. The van der Waals surface area contributed by atoms with E-state index in [-0.39, 0.29) is 12.4 Å². The first kappa shape index (κ1) is 16.6. The van der Waals surface area contributed by atoms with Crippen molar-refractivity contribution < 1.29 is 16.9 Å². The number of hydrogen-bond acceptors (Lipinski definition) is 4. The molecule has 0 aromatic rings. The molecular weight excluding hydrogens is 238 g/mol. The van der Waals surface area contributed by atoms with Crippen molar-refractivity contribution in [3.8, 4) is 0 Å². The Bertz CT molecular complexity index is 234. The van der Waals surface area contributed by atoms with Crippen molar-refractivity contribution in [2.24, 2.45) is 22.6 Å². The summed E-state index contributed by atoms with van der Waals surface area (Å²) in [6.45, 7) is 0.717. The van der Waals surface area contributed by atoms with E-state index in [1.54, 1.807) is 7.05 Å². The standard InChI is InChI=1S/C11H26N5.ClH/c1-15(13)14-8-10-4-6-11(7-5-10)16(2,3)9-12;/h8,10-11H,4-7,9,12-13H2,1-3H3;1H/q+1;/p-1. The molecule has 0 bridgehead atoms. The van der Waals surface area contributed by atoms with Crippen LogP contribution in [0.25, 0.3) is 0 Å². The molecule has 1 aliphatic rings. The van der Waals surface area contributed by atoms with Crippen LogP contribution in [0.3, 0.4) is 0 Å². The highest BCUT2D eigenvalue weighted by Gasteiger charge is 2.31. The maximum Gasteiger partial charge on any atom is 0.129 e. The third-order valence-corrected chi connectivity index (χ3v) is 3.66. The predicted octanol–water partition coefficient (Wildman–Crippen LogP) is -2.67. The Hall–Kier alpha value is -0.360. The average Bonchev–Trinajstić information content (AvgIpc) is 2.27. The minimum absolute atomic E-state index is 0. The lowest BCUT2D eigenvalue weighted by Crippen LogP contribution is -3.00. The van der Waals surface area contributed by atoms with E-state index in [4.69, 9.17) is 11.6 Å². The molecule has 0 unspecified atom stereocenters. The van der Waals surface area contributed by atoms with E-state index < -0.39 is 0 Å². The van der Waals surface area contributed by atoms with Crippen molar-refractivity contribution in [1.29, 1.82) is 0 Å². The number of nitrogens with zero attached hydrogens (tertiary/aromatic N) is 3. The van der Waals surface area contributed by atoms with E-state index in [1.807, 2.05) is 6.21 Å². The summed E-state index contributed by atoms with van der Waals surface area (Å²) < 4.78 is 0.931. The number of halogens is 1. The Morgan fingerprint density at radius 3 is 2.24 bits per heavy atom. The van der Waals surface area contributed by atoms with Crippen LogP contribution in [-0.4, -0.2) is 49.7 Å². The van der Waals surface area contributed by atoms with Gasteiger partial charge in [-0.2, -0.15) is 5.10 Å². The molecule has 0 spiro atoms. The van der Waals surface area contributed by atoms with Gasteiger partial charge >= 0.3 is 0 Å². The maximum atomic E-state index is 5.79. The molecule has 6 heteroatoms. The summed E-state index contributed by atoms with van der Waals surface area (Å²) in [6.07, 6.45) is 6.84. The smallest absolute Gasteiger partial charge is 0.129 e. The van der Waals surface area contributed by atoms with Crippen molar-refractivity contribution in [2.45, 2.75) is 31.7 Å². The summed E-state index contributed by atoms with van der Waals surface area (Å²) in [4.78, 5) is 0. The zero-order valence-corrected chi connectivity index (χ0v) is 11.9. The quantitative estimate of drug-likeness (QED) is 0.191. The molecule has 0 heterocycles. The number of hydrazone groups is 1. The summed E-state index contributed by atoms with van der Waals surface area (Å²) in [7, 11) is 6.18. The molecule has 1 rings (SSSR count). The molecule has 102 valence electrons. The number of quaternary nitrogens is 1. The molecule has 1 saturated carbocycles. The number of rotatable bonds is 4. The Morgan fingerprint density at radius 1 is 1.29 bits per heavy atom. The van der Waals surface area contributed by atoms with Crippen LogP contribution in [0.1, 0.15) is 25.7 Å². The molecule has 0 saturated heterocycles. The summed E-state index contributed by atoms with van der Waals surface area (Å²) >= 11 is 0. The van der Waals surface area contributed by atoms with E-state index in [2.05, 4.69) is 19.2 Å². The van der Waals surface area contributed by atoms with Gasteiger partial charge in [0.05, 0.1) is 20.1 Å². The summed E-state index contributed by atoms with van der Waals surface area (Å²) in [5.41, 5.74) is 5.79. The monoisotopic (exact) mass is 263 g/mol. The van der Waals surface area contributed by atoms with Crippen molar-refractivity contribution in [2.75, 3.05) is 27.8 Å². The molecule has 1 aliphatic carbocycles. The third-order valence-electron chi connectivity index (χ3n) is 3.66. The molecular formula is C11H26ClN5. The minimum Gasteiger partial charge on any atom is -1.00 e. The van der Waals surface area contributed by atoms with Crippen LogP contribution in [0.4, 0.5) is 0 Å². The van der Waals surface area contributed by atoms with Gasteiger partial charge in [0.1, 0.15) is 6.67 Å². The highest BCUT2D eigenvalue weighted by molar-refractivity contribution is 5.60. The average molecular weight is 264 g/mol. The van der Waals surface area contributed by atoms with Crippen molar-refractivity contribution >= 4 is 6.21 Å². The van der Waals surface area contributed by atoms with E-state index in [0.29, 0.717) is 12.0 Å². The van der Waals surface area contributed by atoms with Crippen LogP contribution in [0, 0.1) is 5.92 Å². The van der Waals surface area contributed by atoms with Crippen molar-refractivity contribution in [3.63, 3.8) is 0 Å². The normalized spacial score (nSPS) is 25.7. The maximum absolute atomic E-state index is 5.79. The second kappa shape index (κ2) is 7.16. The van der Waals surface area contributed by atoms with Gasteiger partial charge in [-0.3, -0.25) is 5.73 Å². The molecule has 0 aliphatic heterocycles.